The van der Waals surface area contributed by atoms with Crippen molar-refractivity contribution in [2.24, 2.45) is 0 Å². The topological polar surface area (TPSA) is 26.3 Å². The zero-order valence-corrected chi connectivity index (χ0v) is 10.5. The van der Waals surface area contributed by atoms with Crippen molar-refractivity contribution in [3.63, 3.8) is 0 Å². The Hall–Kier alpha value is 0.170. The van der Waals surface area contributed by atoms with E-state index in [1.54, 1.807) is 0 Å². The van der Waals surface area contributed by atoms with Crippen LogP contribution < -0.4 is 0 Å². The Kier molecular flexibility index (Phi) is 5.17. The molecule has 0 amide bonds. The van der Waals surface area contributed by atoms with Gasteiger partial charge in [-0.1, -0.05) is 13.3 Å². The van der Waals surface area contributed by atoms with Gasteiger partial charge in [0.05, 0.1) is 17.6 Å². The summed E-state index contributed by atoms with van der Waals surface area (Å²) in [6, 6.07) is 0. The standard InChI is InChI=1S/C10H18O2S2/c1-3-5-10(8-9(11)12-2)13-6-4-7-14-10/h3-8H2,1-2H3. The minimum absolute atomic E-state index is 0.0691. The molecule has 1 aliphatic rings. The van der Waals surface area contributed by atoms with Gasteiger partial charge in [-0.3, -0.25) is 4.79 Å². The summed E-state index contributed by atoms with van der Waals surface area (Å²) < 4.78 is 4.87. The van der Waals surface area contributed by atoms with Gasteiger partial charge in [0.15, 0.2) is 0 Å². The molecule has 1 rings (SSSR count). The monoisotopic (exact) mass is 234 g/mol. The molecule has 0 atom stereocenters. The minimum Gasteiger partial charge on any atom is -0.469 e. The first-order valence-electron chi connectivity index (χ1n) is 5.07. The van der Waals surface area contributed by atoms with E-state index in [1.165, 1.54) is 25.0 Å². The van der Waals surface area contributed by atoms with Gasteiger partial charge in [0.1, 0.15) is 0 Å². The van der Waals surface area contributed by atoms with Crippen molar-refractivity contribution in [1.82, 2.24) is 0 Å². The average Bonchev–Trinajstić information content (AvgIpc) is 2.19. The number of esters is 1. The second-order valence-corrected chi connectivity index (χ2v) is 6.68. The van der Waals surface area contributed by atoms with Crippen LogP contribution in [0.15, 0.2) is 0 Å². The number of ether oxygens (including phenoxy) is 1. The summed E-state index contributed by atoms with van der Waals surface area (Å²) >= 11 is 3.88. The lowest BCUT2D eigenvalue weighted by molar-refractivity contribution is -0.140. The maximum Gasteiger partial charge on any atom is 0.307 e. The van der Waals surface area contributed by atoms with Crippen LogP contribution in [0.4, 0.5) is 0 Å². The fourth-order valence-corrected chi connectivity index (χ4v) is 5.10. The lowest BCUT2D eigenvalue weighted by Gasteiger charge is -2.34. The van der Waals surface area contributed by atoms with Gasteiger partial charge in [0, 0.05) is 0 Å². The smallest absolute Gasteiger partial charge is 0.307 e. The summed E-state index contributed by atoms with van der Waals surface area (Å²) in [4.78, 5) is 11.3. The highest BCUT2D eigenvalue weighted by Crippen LogP contribution is 2.48. The minimum atomic E-state index is -0.0691. The maximum absolute atomic E-state index is 11.3. The highest BCUT2D eigenvalue weighted by molar-refractivity contribution is 8.18. The third kappa shape index (κ3) is 3.39. The number of carbonyl (C=O) groups is 1. The molecule has 0 unspecified atom stereocenters. The van der Waals surface area contributed by atoms with E-state index in [2.05, 4.69) is 6.92 Å². The van der Waals surface area contributed by atoms with Crippen molar-refractivity contribution in [3.8, 4) is 0 Å². The van der Waals surface area contributed by atoms with Crippen LogP contribution in [0.25, 0.3) is 0 Å². The molecule has 0 aromatic carbocycles. The van der Waals surface area contributed by atoms with Crippen LogP contribution in [0.2, 0.25) is 0 Å². The van der Waals surface area contributed by atoms with Crippen LogP contribution in [0.5, 0.6) is 0 Å². The molecule has 1 fully saturated rings. The zero-order valence-electron chi connectivity index (χ0n) is 8.88. The normalized spacial score (nSPS) is 20.4. The predicted octanol–water partition coefficient (Wildman–Crippen LogP) is 2.92. The molecule has 0 bridgehead atoms. The lowest BCUT2D eigenvalue weighted by Crippen LogP contribution is -2.28. The molecule has 0 aromatic heterocycles. The van der Waals surface area contributed by atoms with Crippen LogP contribution in [-0.2, 0) is 9.53 Å². The second kappa shape index (κ2) is 5.91. The molecule has 0 saturated carbocycles. The van der Waals surface area contributed by atoms with E-state index < -0.39 is 0 Å². The number of hydrogen-bond donors (Lipinski definition) is 0. The largest absolute Gasteiger partial charge is 0.469 e. The van der Waals surface area contributed by atoms with Gasteiger partial charge < -0.3 is 4.74 Å². The highest BCUT2D eigenvalue weighted by Gasteiger charge is 2.35. The molecule has 2 nitrogen and oxygen atoms in total. The molecule has 4 heteroatoms. The van der Waals surface area contributed by atoms with E-state index in [0.29, 0.717) is 6.42 Å². The van der Waals surface area contributed by atoms with E-state index in [9.17, 15) is 4.79 Å². The Morgan fingerprint density at radius 2 is 2.07 bits per heavy atom. The highest BCUT2D eigenvalue weighted by atomic mass is 32.2. The molecule has 1 aliphatic heterocycles. The third-order valence-corrected chi connectivity index (χ3v) is 5.73. The number of thioether (sulfide) groups is 2. The molecule has 1 heterocycles. The Balaban J connectivity index is 2.55. The SMILES string of the molecule is CCCC1(CC(=O)OC)SCCCS1. The number of rotatable bonds is 4. The summed E-state index contributed by atoms with van der Waals surface area (Å²) in [5, 5.41) is 0. The average molecular weight is 234 g/mol. The van der Waals surface area contributed by atoms with E-state index in [-0.39, 0.29) is 10.0 Å². The van der Waals surface area contributed by atoms with Crippen LogP contribution in [0, 0.1) is 0 Å². The molecule has 0 spiro atoms. The Morgan fingerprint density at radius 1 is 1.43 bits per heavy atom. The van der Waals surface area contributed by atoms with Gasteiger partial charge in [-0.25, -0.2) is 0 Å². The third-order valence-electron chi connectivity index (χ3n) is 2.29. The Bertz CT molecular complexity index is 183. The van der Waals surface area contributed by atoms with Crippen molar-refractivity contribution in [2.75, 3.05) is 18.6 Å². The lowest BCUT2D eigenvalue weighted by atomic mass is 10.2. The Labute approximate surface area is 94.5 Å². The van der Waals surface area contributed by atoms with Gasteiger partial charge >= 0.3 is 5.97 Å². The van der Waals surface area contributed by atoms with Crippen molar-refractivity contribution in [1.29, 1.82) is 0 Å². The Morgan fingerprint density at radius 3 is 2.57 bits per heavy atom. The molecule has 1 saturated heterocycles. The van der Waals surface area contributed by atoms with Crippen molar-refractivity contribution < 1.29 is 9.53 Å². The van der Waals surface area contributed by atoms with Crippen LogP contribution in [-0.4, -0.2) is 28.7 Å². The van der Waals surface area contributed by atoms with Crippen molar-refractivity contribution in [2.45, 2.75) is 36.7 Å². The number of carbonyl (C=O) groups excluding carboxylic acids is 1. The fraction of sp³-hybridized carbons (Fsp3) is 0.900. The summed E-state index contributed by atoms with van der Waals surface area (Å²) in [6.45, 7) is 2.18. The van der Waals surface area contributed by atoms with Gasteiger partial charge in [-0.2, -0.15) is 0 Å². The number of methoxy groups -OCH3 is 1. The van der Waals surface area contributed by atoms with Crippen molar-refractivity contribution in [3.05, 3.63) is 0 Å². The fourth-order valence-electron chi connectivity index (χ4n) is 1.62. The van der Waals surface area contributed by atoms with Gasteiger partial charge in [-0.05, 0) is 24.3 Å². The van der Waals surface area contributed by atoms with Crippen LogP contribution in [0.3, 0.4) is 0 Å². The second-order valence-electron chi connectivity index (χ2n) is 3.46. The molecule has 82 valence electrons. The first-order chi connectivity index (χ1) is 6.72. The summed E-state index contributed by atoms with van der Waals surface area (Å²) in [6.07, 6.45) is 4.07. The predicted molar refractivity (Wildman–Crippen MR) is 63.8 cm³/mol. The molecular weight excluding hydrogens is 216 g/mol. The molecule has 0 aliphatic carbocycles. The first kappa shape index (κ1) is 12.2. The molecule has 0 N–H and O–H groups in total. The van der Waals surface area contributed by atoms with Gasteiger partial charge in [0.2, 0.25) is 0 Å². The van der Waals surface area contributed by atoms with Crippen molar-refractivity contribution >= 4 is 29.5 Å². The molecule has 0 radical (unpaired) electrons. The first-order valence-corrected chi connectivity index (χ1v) is 7.04. The zero-order chi connectivity index (χ0) is 10.4. The van der Waals surface area contributed by atoms with Gasteiger partial charge in [-0.15, -0.1) is 23.5 Å². The number of hydrogen-bond acceptors (Lipinski definition) is 4. The van der Waals surface area contributed by atoms with Gasteiger partial charge in [0.25, 0.3) is 0 Å². The quantitative estimate of drug-likeness (QED) is 0.699. The molecule has 14 heavy (non-hydrogen) atoms. The van der Waals surface area contributed by atoms with E-state index >= 15 is 0 Å². The summed E-state index contributed by atoms with van der Waals surface area (Å²) in [5.74, 6) is 2.30. The van der Waals surface area contributed by atoms with Crippen LogP contribution in [0.1, 0.15) is 32.6 Å². The van der Waals surface area contributed by atoms with E-state index in [1.807, 2.05) is 23.5 Å². The summed E-state index contributed by atoms with van der Waals surface area (Å²) in [5.41, 5.74) is 0. The maximum atomic E-state index is 11.3. The van der Waals surface area contributed by atoms with Crippen LogP contribution >= 0.6 is 23.5 Å². The summed E-state index contributed by atoms with van der Waals surface area (Å²) in [7, 11) is 1.47. The van der Waals surface area contributed by atoms with E-state index in [4.69, 9.17) is 4.74 Å². The van der Waals surface area contributed by atoms with E-state index in [0.717, 1.165) is 12.8 Å². The molecular formula is C10H18O2S2. The molecule has 0 aromatic rings.